The van der Waals surface area contributed by atoms with Crippen LogP contribution in [0.15, 0.2) is 15.3 Å². The van der Waals surface area contributed by atoms with Crippen LogP contribution in [-0.4, -0.2) is 9.78 Å². The molecule has 0 fully saturated rings. The molecule has 0 aliphatic rings. The molecule has 1 heterocycles. The number of nitrogens with zero attached hydrogens (tertiary/aromatic N) is 2. The highest BCUT2D eigenvalue weighted by atomic mass is 79.9. The van der Waals surface area contributed by atoms with Gasteiger partial charge in [-0.1, -0.05) is 13.8 Å². The van der Waals surface area contributed by atoms with Crippen LogP contribution in [0.1, 0.15) is 26.7 Å². The fourth-order valence-electron chi connectivity index (χ4n) is 1.17. The molecule has 0 aliphatic carbocycles. The van der Waals surface area contributed by atoms with Gasteiger partial charge in [-0.15, -0.1) is 0 Å². The van der Waals surface area contributed by atoms with Crippen LogP contribution in [0.3, 0.4) is 0 Å². The van der Waals surface area contributed by atoms with Crippen LogP contribution in [0.4, 0.5) is 0 Å². The van der Waals surface area contributed by atoms with Gasteiger partial charge in [0.25, 0.3) is 0 Å². The molecule has 0 saturated heterocycles. The molecule has 0 radical (unpaired) electrons. The Kier molecular flexibility index (Phi) is 4.46. The molecule has 74 valence electrons. The number of aromatic nitrogens is 2. The van der Waals surface area contributed by atoms with Gasteiger partial charge in [-0.3, -0.25) is 4.68 Å². The predicted octanol–water partition coefficient (Wildman–Crippen LogP) is 3.84. The zero-order valence-electron chi connectivity index (χ0n) is 7.93. The predicted molar refractivity (Wildman–Crippen MR) is 61.7 cm³/mol. The van der Waals surface area contributed by atoms with E-state index in [1.165, 1.54) is 12.8 Å². The normalized spacial score (nSPS) is 11.2. The largest absolute Gasteiger partial charge is 0.257 e. The van der Waals surface area contributed by atoms with E-state index in [0.717, 1.165) is 21.7 Å². The summed E-state index contributed by atoms with van der Waals surface area (Å²) in [6, 6.07) is 1.97. The number of hydrogen-bond donors (Lipinski definition) is 0. The summed E-state index contributed by atoms with van der Waals surface area (Å²) in [5.74, 6) is 0.776. The molecule has 13 heavy (non-hydrogen) atoms. The van der Waals surface area contributed by atoms with Gasteiger partial charge in [0.1, 0.15) is 9.21 Å². The van der Waals surface area contributed by atoms with E-state index in [2.05, 4.69) is 50.8 Å². The molecule has 2 nitrogen and oxygen atoms in total. The van der Waals surface area contributed by atoms with Crippen LogP contribution in [0, 0.1) is 5.92 Å². The molecule has 0 saturated carbocycles. The van der Waals surface area contributed by atoms with Crippen LogP contribution in [0.2, 0.25) is 0 Å². The molecule has 0 aromatic carbocycles. The first-order valence-corrected chi connectivity index (χ1v) is 6.07. The van der Waals surface area contributed by atoms with Crippen LogP contribution < -0.4 is 0 Å². The third-order valence-corrected chi connectivity index (χ3v) is 2.88. The fraction of sp³-hybridized carbons (Fsp3) is 0.667. The molecule has 0 atom stereocenters. The lowest BCUT2D eigenvalue weighted by molar-refractivity contribution is 0.484. The highest BCUT2D eigenvalue weighted by molar-refractivity contribution is 9.11. The Morgan fingerprint density at radius 1 is 1.46 bits per heavy atom. The molecule has 0 spiro atoms. The number of rotatable bonds is 4. The zero-order valence-corrected chi connectivity index (χ0v) is 11.1. The van der Waals surface area contributed by atoms with Crippen molar-refractivity contribution >= 4 is 31.9 Å². The van der Waals surface area contributed by atoms with Gasteiger partial charge in [-0.2, -0.15) is 5.10 Å². The summed E-state index contributed by atoms with van der Waals surface area (Å²) in [6.07, 6.45) is 2.44. The van der Waals surface area contributed by atoms with Gasteiger partial charge in [0.15, 0.2) is 0 Å². The summed E-state index contributed by atoms with van der Waals surface area (Å²) in [7, 11) is 0. The third-order valence-electron chi connectivity index (χ3n) is 1.85. The zero-order chi connectivity index (χ0) is 9.84. The van der Waals surface area contributed by atoms with Crippen LogP contribution in [0.25, 0.3) is 0 Å². The minimum atomic E-state index is 0.776. The molecule has 0 unspecified atom stereocenters. The van der Waals surface area contributed by atoms with Crippen molar-refractivity contribution in [2.45, 2.75) is 33.2 Å². The highest BCUT2D eigenvalue weighted by Crippen LogP contribution is 2.17. The molecule has 1 aromatic rings. The fourth-order valence-corrected chi connectivity index (χ4v) is 2.36. The van der Waals surface area contributed by atoms with E-state index in [-0.39, 0.29) is 0 Å². The van der Waals surface area contributed by atoms with Crippen LogP contribution in [0.5, 0.6) is 0 Å². The molecule has 4 heteroatoms. The van der Waals surface area contributed by atoms with E-state index in [4.69, 9.17) is 0 Å². The molecule has 0 amide bonds. The van der Waals surface area contributed by atoms with E-state index >= 15 is 0 Å². The lowest BCUT2D eigenvalue weighted by Crippen LogP contribution is -2.01. The SMILES string of the molecule is CC(C)CCCn1nc(Br)cc1Br. The molecule has 0 bridgehead atoms. The second-order valence-electron chi connectivity index (χ2n) is 3.55. The van der Waals surface area contributed by atoms with E-state index in [1.807, 2.05) is 10.7 Å². The van der Waals surface area contributed by atoms with Crippen molar-refractivity contribution in [2.75, 3.05) is 0 Å². The quantitative estimate of drug-likeness (QED) is 0.826. The molecular formula is C9H14Br2N2. The van der Waals surface area contributed by atoms with E-state index in [0.29, 0.717) is 0 Å². The Balaban J connectivity index is 2.40. The highest BCUT2D eigenvalue weighted by Gasteiger charge is 2.02. The minimum Gasteiger partial charge on any atom is -0.257 e. The Morgan fingerprint density at radius 3 is 2.62 bits per heavy atom. The van der Waals surface area contributed by atoms with Crippen LogP contribution >= 0.6 is 31.9 Å². The second-order valence-corrected chi connectivity index (χ2v) is 5.17. The molecule has 0 N–H and O–H groups in total. The second kappa shape index (κ2) is 5.15. The van der Waals surface area contributed by atoms with Crippen molar-refractivity contribution < 1.29 is 0 Å². The van der Waals surface area contributed by atoms with Crippen LogP contribution in [-0.2, 0) is 6.54 Å². The molecular weight excluding hydrogens is 296 g/mol. The van der Waals surface area contributed by atoms with Crippen molar-refractivity contribution in [1.29, 1.82) is 0 Å². The third kappa shape index (κ3) is 3.81. The Labute approximate surface area is 96.0 Å². The van der Waals surface area contributed by atoms with Gasteiger partial charge in [-0.05, 0) is 50.6 Å². The van der Waals surface area contributed by atoms with Crippen molar-refractivity contribution in [1.82, 2.24) is 9.78 Å². The monoisotopic (exact) mass is 308 g/mol. The maximum Gasteiger partial charge on any atom is 0.129 e. The summed E-state index contributed by atoms with van der Waals surface area (Å²) < 4.78 is 3.92. The molecule has 1 rings (SSSR count). The molecule has 1 aromatic heterocycles. The van der Waals surface area contributed by atoms with Crippen molar-refractivity contribution in [3.63, 3.8) is 0 Å². The van der Waals surface area contributed by atoms with Gasteiger partial charge in [0.05, 0.1) is 0 Å². The first-order valence-electron chi connectivity index (χ1n) is 4.48. The lowest BCUT2D eigenvalue weighted by atomic mass is 10.1. The Morgan fingerprint density at radius 2 is 2.15 bits per heavy atom. The lowest BCUT2D eigenvalue weighted by Gasteiger charge is -2.05. The number of aryl methyl sites for hydroxylation is 1. The smallest absolute Gasteiger partial charge is 0.129 e. The van der Waals surface area contributed by atoms with Gasteiger partial charge in [0.2, 0.25) is 0 Å². The minimum absolute atomic E-state index is 0.776. The topological polar surface area (TPSA) is 17.8 Å². The standard InChI is InChI=1S/C9H14Br2N2/c1-7(2)4-3-5-13-9(11)6-8(10)12-13/h6-7H,3-5H2,1-2H3. The number of halogens is 2. The van der Waals surface area contributed by atoms with E-state index in [9.17, 15) is 0 Å². The maximum absolute atomic E-state index is 4.29. The summed E-state index contributed by atoms with van der Waals surface area (Å²) in [5.41, 5.74) is 0. The summed E-state index contributed by atoms with van der Waals surface area (Å²) in [4.78, 5) is 0. The maximum atomic E-state index is 4.29. The van der Waals surface area contributed by atoms with E-state index < -0.39 is 0 Å². The number of hydrogen-bond acceptors (Lipinski definition) is 1. The Hall–Kier alpha value is 0.170. The first kappa shape index (κ1) is 11.2. The average Bonchev–Trinajstić information content (AvgIpc) is 2.29. The summed E-state index contributed by atoms with van der Waals surface area (Å²) >= 11 is 6.80. The molecule has 0 aliphatic heterocycles. The van der Waals surface area contributed by atoms with Gasteiger partial charge >= 0.3 is 0 Å². The van der Waals surface area contributed by atoms with Gasteiger partial charge in [-0.25, -0.2) is 0 Å². The summed E-state index contributed by atoms with van der Waals surface area (Å²) in [5, 5.41) is 4.29. The summed E-state index contributed by atoms with van der Waals surface area (Å²) in [6.45, 7) is 5.48. The van der Waals surface area contributed by atoms with E-state index in [1.54, 1.807) is 0 Å². The van der Waals surface area contributed by atoms with Crippen molar-refractivity contribution in [3.8, 4) is 0 Å². The Bertz CT molecular complexity index is 269. The van der Waals surface area contributed by atoms with Gasteiger partial charge < -0.3 is 0 Å². The van der Waals surface area contributed by atoms with Gasteiger partial charge in [0, 0.05) is 12.6 Å². The average molecular weight is 310 g/mol. The first-order chi connectivity index (χ1) is 6.09. The van der Waals surface area contributed by atoms with Crippen molar-refractivity contribution in [2.24, 2.45) is 5.92 Å². The van der Waals surface area contributed by atoms with Crippen molar-refractivity contribution in [3.05, 3.63) is 15.3 Å².